The number of benzene rings is 1. The Kier molecular flexibility index (Phi) is 5.97. The van der Waals surface area contributed by atoms with Gasteiger partial charge in [-0.3, -0.25) is 4.90 Å². The molecule has 2 unspecified atom stereocenters. The molecule has 1 N–H and O–H groups in total. The summed E-state index contributed by atoms with van der Waals surface area (Å²) in [5.41, 5.74) is 3.84. The van der Waals surface area contributed by atoms with Crippen LogP contribution in [0.4, 0.5) is 0 Å². The number of aryl methyl sites for hydroxylation is 2. The van der Waals surface area contributed by atoms with Crippen LogP contribution < -0.4 is 0 Å². The van der Waals surface area contributed by atoms with E-state index in [0.717, 1.165) is 39.1 Å². The average Bonchev–Trinajstić information content (AvgIpc) is 2.45. The van der Waals surface area contributed by atoms with Gasteiger partial charge in [0.25, 0.3) is 0 Å². The summed E-state index contributed by atoms with van der Waals surface area (Å²) in [5.74, 6) is 0. The second-order valence-corrected chi connectivity index (χ2v) is 6.00. The lowest BCUT2D eigenvalue weighted by atomic mass is 9.99. The van der Waals surface area contributed by atoms with E-state index in [0.29, 0.717) is 0 Å². The van der Waals surface area contributed by atoms with Crippen LogP contribution in [0.15, 0.2) is 30.9 Å². The standard InChI is InChI=1S/C18H27NO2/c1-4-5-6-16(20)12-19-9-10-21-18(13-19)17-8-7-14(2)11-15(17)3/h4,7-8,11,16,18,20H,1,5-6,9-10,12-13H2,2-3H3. The molecule has 1 aliphatic rings. The molecule has 3 heteroatoms. The quantitative estimate of drug-likeness (QED) is 0.817. The van der Waals surface area contributed by atoms with Gasteiger partial charge in [0.1, 0.15) is 0 Å². The largest absolute Gasteiger partial charge is 0.392 e. The Morgan fingerprint density at radius 3 is 3.00 bits per heavy atom. The van der Waals surface area contributed by atoms with Gasteiger partial charge in [0.2, 0.25) is 0 Å². The van der Waals surface area contributed by atoms with Crippen LogP contribution in [0.2, 0.25) is 0 Å². The number of aliphatic hydroxyl groups excluding tert-OH is 1. The molecule has 1 saturated heterocycles. The predicted octanol–water partition coefficient (Wildman–Crippen LogP) is 3.00. The topological polar surface area (TPSA) is 32.7 Å². The van der Waals surface area contributed by atoms with Crippen molar-refractivity contribution in [3.05, 3.63) is 47.5 Å². The van der Waals surface area contributed by atoms with Crippen molar-refractivity contribution in [2.24, 2.45) is 0 Å². The van der Waals surface area contributed by atoms with Crippen molar-refractivity contribution in [1.82, 2.24) is 4.90 Å². The Morgan fingerprint density at radius 1 is 1.48 bits per heavy atom. The molecule has 1 fully saturated rings. The van der Waals surface area contributed by atoms with Crippen molar-refractivity contribution in [1.29, 1.82) is 0 Å². The van der Waals surface area contributed by atoms with E-state index in [1.165, 1.54) is 16.7 Å². The number of aliphatic hydroxyl groups is 1. The molecule has 0 radical (unpaired) electrons. The van der Waals surface area contributed by atoms with Crippen molar-refractivity contribution >= 4 is 0 Å². The van der Waals surface area contributed by atoms with Crippen molar-refractivity contribution in [2.75, 3.05) is 26.2 Å². The van der Waals surface area contributed by atoms with Crippen molar-refractivity contribution < 1.29 is 9.84 Å². The van der Waals surface area contributed by atoms with E-state index in [1.54, 1.807) is 0 Å². The summed E-state index contributed by atoms with van der Waals surface area (Å²) in [4.78, 5) is 2.31. The highest BCUT2D eigenvalue weighted by Crippen LogP contribution is 2.26. The Hall–Kier alpha value is -1.16. The smallest absolute Gasteiger partial charge is 0.0954 e. The first-order valence-electron chi connectivity index (χ1n) is 7.80. The van der Waals surface area contributed by atoms with Gasteiger partial charge < -0.3 is 9.84 Å². The van der Waals surface area contributed by atoms with Crippen LogP contribution in [0.25, 0.3) is 0 Å². The van der Waals surface area contributed by atoms with E-state index in [2.05, 4.69) is 43.5 Å². The number of nitrogens with zero attached hydrogens (tertiary/aromatic N) is 1. The number of β-amino-alcohol motifs (C(OH)–C–C–N with tert-alkyl or cyclic N) is 1. The molecule has 0 bridgehead atoms. The highest BCUT2D eigenvalue weighted by Gasteiger charge is 2.24. The van der Waals surface area contributed by atoms with Crippen LogP contribution in [0.1, 0.15) is 35.6 Å². The maximum absolute atomic E-state index is 10.1. The Labute approximate surface area is 128 Å². The van der Waals surface area contributed by atoms with Crippen molar-refractivity contribution in [2.45, 2.75) is 38.9 Å². The third-order valence-electron chi connectivity index (χ3n) is 4.10. The number of rotatable bonds is 6. The first-order valence-corrected chi connectivity index (χ1v) is 7.80. The van der Waals surface area contributed by atoms with Crippen LogP contribution in [0, 0.1) is 13.8 Å². The van der Waals surface area contributed by atoms with Crippen molar-refractivity contribution in [3.8, 4) is 0 Å². The van der Waals surface area contributed by atoms with E-state index >= 15 is 0 Å². The number of ether oxygens (including phenoxy) is 1. The highest BCUT2D eigenvalue weighted by molar-refractivity contribution is 5.32. The van der Waals surface area contributed by atoms with Crippen LogP contribution in [-0.4, -0.2) is 42.4 Å². The lowest BCUT2D eigenvalue weighted by molar-refractivity contribution is -0.0428. The lowest BCUT2D eigenvalue weighted by Crippen LogP contribution is -2.42. The molecular weight excluding hydrogens is 262 g/mol. The number of allylic oxidation sites excluding steroid dienone is 1. The number of hydrogen-bond donors (Lipinski definition) is 1. The van der Waals surface area contributed by atoms with Gasteiger partial charge in [-0.15, -0.1) is 6.58 Å². The third kappa shape index (κ3) is 4.67. The van der Waals surface area contributed by atoms with Gasteiger partial charge in [-0.1, -0.05) is 29.8 Å². The molecule has 0 aliphatic carbocycles. The second-order valence-electron chi connectivity index (χ2n) is 6.00. The minimum absolute atomic E-state index is 0.117. The summed E-state index contributed by atoms with van der Waals surface area (Å²) in [7, 11) is 0. The first kappa shape index (κ1) is 16.2. The summed E-state index contributed by atoms with van der Waals surface area (Å²) in [6, 6.07) is 6.52. The molecule has 1 aromatic carbocycles. The van der Waals surface area contributed by atoms with Gasteiger partial charge in [-0.25, -0.2) is 0 Å². The van der Waals surface area contributed by atoms with E-state index in [4.69, 9.17) is 4.74 Å². The molecule has 1 heterocycles. The summed E-state index contributed by atoms with van der Waals surface area (Å²) in [6.07, 6.45) is 3.36. The molecule has 1 aromatic rings. The fourth-order valence-electron chi connectivity index (χ4n) is 2.94. The van der Waals surface area contributed by atoms with Crippen molar-refractivity contribution in [3.63, 3.8) is 0 Å². The zero-order valence-electron chi connectivity index (χ0n) is 13.2. The number of hydrogen-bond acceptors (Lipinski definition) is 3. The summed E-state index contributed by atoms with van der Waals surface area (Å²) >= 11 is 0. The Bertz CT molecular complexity index is 472. The van der Waals surface area contributed by atoms with Crippen LogP contribution in [0.5, 0.6) is 0 Å². The Morgan fingerprint density at radius 2 is 2.29 bits per heavy atom. The zero-order chi connectivity index (χ0) is 15.2. The van der Waals surface area contributed by atoms with Gasteiger partial charge in [0.05, 0.1) is 18.8 Å². The molecule has 0 spiro atoms. The molecule has 3 nitrogen and oxygen atoms in total. The third-order valence-corrected chi connectivity index (χ3v) is 4.10. The summed E-state index contributed by atoms with van der Waals surface area (Å²) < 4.78 is 5.94. The molecule has 2 atom stereocenters. The molecule has 0 amide bonds. The van der Waals surface area contributed by atoms with Crippen LogP contribution in [0.3, 0.4) is 0 Å². The van der Waals surface area contributed by atoms with Gasteiger partial charge >= 0.3 is 0 Å². The fraction of sp³-hybridized carbons (Fsp3) is 0.556. The molecule has 2 rings (SSSR count). The first-order chi connectivity index (χ1) is 10.1. The zero-order valence-corrected chi connectivity index (χ0v) is 13.2. The lowest BCUT2D eigenvalue weighted by Gasteiger charge is -2.34. The van der Waals surface area contributed by atoms with Gasteiger partial charge in [0.15, 0.2) is 0 Å². The van der Waals surface area contributed by atoms with E-state index in [-0.39, 0.29) is 12.2 Å². The molecule has 116 valence electrons. The number of morpholine rings is 1. The summed E-state index contributed by atoms with van der Waals surface area (Å²) in [5, 5.41) is 10.1. The maximum atomic E-state index is 10.1. The Balaban J connectivity index is 1.95. The minimum atomic E-state index is -0.277. The summed E-state index contributed by atoms with van der Waals surface area (Å²) in [6.45, 7) is 11.2. The van der Waals surface area contributed by atoms with E-state index in [9.17, 15) is 5.11 Å². The maximum Gasteiger partial charge on any atom is 0.0954 e. The van der Waals surface area contributed by atoms with Gasteiger partial charge in [-0.05, 0) is 37.8 Å². The van der Waals surface area contributed by atoms with Gasteiger partial charge in [0, 0.05) is 19.6 Å². The second kappa shape index (κ2) is 7.74. The fourth-order valence-corrected chi connectivity index (χ4v) is 2.94. The van der Waals surface area contributed by atoms with E-state index < -0.39 is 0 Å². The monoisotopic (exact) mass is 289 g/mol. The average molecular weight is 289 g/mol. The molecule has 1 aliphatic heterocycles. The molecule has 21 heavy (non-hydrogen) atoms. The van der Waals surface area contributed by atoms with E-state index in [1.807, 2.05) is 6.08 Å². The van der Waals surface area contributed by atoms with Crippen LogP contribution in [-0.2, 0) is 4.74 Å². The molecular formula is C18H27NO2. The molecule has 0 aromatic heterocycles. The minimum Gasteiger partial charge on any atom is -0.392 e. The normalized spacial score (nSPS) is 21.2. The predicted molar refractivity (Wildman–Crippen MR) is 86.5 cm³/mol. The van der Waals surface area contributed by atoms with Crippen LogP contribution >= 0.6 is 0 Å². The molecule has 0 saturated carbocycles. The highest BCUT2D eigenvalue weighted by atomic mass is 16.5. The SMILES string of the molecule is C=CCCC(O)CN1CCOC(c2ccc(C)cc2C)C1. The van der Waals surface area contributed by atoms with Gasteiger partial charge in [-0.2, -0.15) is 0 Å².